The standard InChI is InChI=1S/C26H22Cl3N3O4/c27-18-3-1-16(2-4-18)13-30-26(35)17-11-25(34)32(14-17)20-6-8-21(9-7-20)36-15-24(33)31-23-10-5-19(28)12-22(23)29/h1-10,12,17H,11,13-15H2,(H,30,35)(H,31,33)/t17-/m1/s1. The number of ether oxygens (including phenoxy) is 1. The fourth-order valence-electron chi connectivity index (χ4n) is 3.72. The molecule has 0 radical (unpaired) electrons. The highest BCUT2D eigenvalue weighted by Gasteiger charge is 2.35. The molecule has 3 aromatic carbocycles. The molecule has 10 heteroatoms. The van der Waals surface area contributed by atoms with Gasteiger partial charge in [0.15, 0.2) is 6.61 Å². The van der Waals surface area contributed by atoms with Gasteiger partial charge in [-0.1, -0.05) is 46.9 Å². The first-order valence-electron chi connectivity index (χ1n) is 11.1. The molecular weight excluding hydrogens is 525 g/mol. The summed E-state index contributed by atoms with van der Waals surface area (Å²) in [6, 6.07) is 18.7. The molecule has 1 saturated heterocycles. The molecule has 1 aliphatic rings. The van der Waals surface area contributed by atoms with Crippen molar-refractivity contribution in [2.24, 2.45) is 5.92 Å². The Labute approximate surface area is 223 Å². The monoisotopic (exact) mass is 545 g/mol. The van der Waals surface area contributed by atoms with E-state index >= 15 is 0 Å². The van der Waals surface area contributed by atoms with E-state index in [1.807, 2.05) is 12.1 Å². The molecule has 1 aliphatic heterocycles. The van der Waals surface area contributed by atoms with Gasteiger partial charge in [-0.25, -0.2) is 0 Å². The molecule has 1 heterocycles. The second-order valence-corrected chi connectivity index (χ2v) is 9.48. The lowest BCUT2D eigenvalue weighted by molar-refractivity contribution is -0.126. The summed E-state index contributed by atoms with van der Waals surface area (Å²) < 4.78 is 5.53. The number of hydrogen-bond donors (Lipinski definition) is 2. The Morgan fingerprint density at radius 1 is 0.944 bits per heavy atom. The Morgan fingerprint density at radius 3 is 2.33 bits per heavy atom. The van der Waals surface area contributed by atoms with Gasteiger partial charge in [-0.15, -0.1) is 0 Å². The van der Waals surface area contributed by atoms with Crippen molar-refractivity contribution >= 4 is 63.9 Å². The molecule has 186 valence electrons. The van der Waals surface area contributed by atoms with Crippen LogP contribution in [0.5, 0.6) is 5.75 Å². The van der Waals surface area contributed by atoms with E-state index in [1.54, 1.807) is 53.4 Å². The van der Waals surface area contributed by atoms with Crippen LogP contribution < -0.4 is 20.3 Å². The molecule has 0 unspecified atom stereocenters. The molecule has 3 aromatic rings. The minimum absolute atomic E-state index is 0.130. The van der Waals surface area contributed by atoms with Crippen molar-refractivity contribution in [3.8, 4) is 5.75 Å². The van der Waals surface area contributed by atoms with Crippen LogP contribution in [0.2, 0.25) is 15.1 Å². The maximum Gasteiger partial charge on any atom is 0.262 e. The maximum atomic E-state index is 12.6. The fraction of sp³-hybridized carbons (Fsp3) is 0.192. The molecule has 0 aromatic heterocycles. The Hall–Kier alpha value is -3.26. The van der Waals surface area contributed by atoms with Gasteiger partial charge in [0.25, 0.3) is 5.91 Å². The third kappa shape index (κ3) is 6.69. The van der Waals surface area contributed by atoms with Crippen molar-refractivity contribution in [1.82, 2.24) is 5.32 Å². The van der Waals surface area contributed by atoms with E-state index in [-0.39, 0.29) is 37.3 Å². The van der Waals surface area contributed by atoms with E-state index < -0.39 is 5.92 Å². The number of halogens is 3. The average Bonchev–Trinajstić information content (AvgIpc) is 3.26. The largest absolute Gasteiger partial charge is 0.484 e. The fourth-order valence-corrected chi connectivity index (χ4v) is 4.30. The van der Waals surface area contributed by atoms with Crippen LogP contribution in [0.25, 0.3) is 0 Å². The minimum atomic E-state index is -0.441. The number of rotatable bonds is 8. The predicted molar refractivity (Wildman–Crippen MR) is 141 cm³/mol. The van der Waals surface area contributed by atoms with Crippen LogP contribution in [0.15, 0.2) is 66.7 Å². The van der Waals surface area contributed by atoms with Gasteiger partial charge in [0.1, 0.15) is 5.75 Å². The van der Waals surface area contributed by atoms with Crippen LogP contribution in [-0.4, -0.2) is 30.9 Å². The van der Waals surface area contributed by atoms with E-state index in [4.69, 9.17) is 39.5 Å². The predicted octanol–water partition coefficient (Wildman–Crippen LogP) is 5.33. The van der Waals surface area contributed by atoms with Gasteiger partial charge in [0.2, 0.25) is 11.8 Å². The van der Waals surface area contributed by atoms with Crippen LogP contribution in [0, 0.1) is 5.92 Å². The Bertz CT molecular complexity index is 1270. The van der Waals surface area contributed by atoms with E-state index in [0.717, 1.165) is 5.56 Å². The average molecular weight is 547 g/mol. The molecule has 7 nitrogen and oxygen atoms in total. The van der Waals surface area contributed by atoms with E-state index in [2.05, 4.69) is 10.6 Å². The highest BCUT2D eigenvalue weighted by atomic mass is 35.5. The molecule has 0 aliphatic carbocycles. The van der Waals surface area contributed by atoms with Gasteiger partial charge < -0.3 is 20.3 Å². The normalized spacial score (nSPS) is 15.0. The molecule has 0 bridgehead atoms. The van der Waals surface area contributed by atoms with E-state index in [0.29, 0.717) is 38.7 Å². The molecule has 4 rings (SSSR count). The number of hydrogen-bond acceptors (Lipinski definition) is 4. The lowest BCUT2D eigenvalue weighted by Gasteiger charge is -2.17. The summed E-state index contributed by atoms with van der Waals surface area (Å²) in [7, 11) is 0. The summed E-state index contributed by atoms with van der Waals surface area (Å²) in [4.78, 5) is 38.9. The summed E-state index contributed by atoms with van der Waals surface area (Å²) in [5.74, 6) is -0.670. The number of nitrogens with one attached hydrogen (secondary N) is 2. The molecule has 0 spiro atoms. The summed E-state index contributed by atoms with van der Waals surface area (Å²) in [5.41, 5.74) is 2.01. The highest BCUT2D eigenvalue weighted by Crippen LogP contribution is 2.28. The molecule has 0 saturated carbocycles. The van der Waals surface area contributed by atoms with Gasteiger partial charge in [-0.3, -0.25) is 14.4 Å². The molecular formula is C26H22Cl3N3O4. The number of benzene rings is 3. The summed E-state index contributed by atoms with van der Waals surface area (Å²) in [6.07, 6.45) is 0.137. The summed E-state index contributed by atoms with van der Waals surface area (Å²) in [5, 5.41) is 6.96. The van der Waals surface area contributed by atoms with Crippen molar-refractivity contribution in [2.75, 3.05) is 23.4 Å². The first-order valence-corrected chi connectivity index (χ1v) is 12.2. The van der Waals surface area contributed by atoms with Gasteiger partial charge in [-0.05, 0) is 60.2 Å². The van der Waals surface area contributed by atoms with Crippen molar-refractivity contribution < 1.29 is 19.1 Å². The highest BCUT2D eigenvalue weighted by molar-refractivity contribution is 6.36. The second-order valence-electron chi connectivity index (χ2n) is 8.20. The Morgan fingerprint density at radius 2 is 1.64 bits per heavy atom. The number of carbonyl (C=O) groups excluding carboxylic acids is 3. The molecule has 2 N–H and O–H groups in total. The number of amides is 3. The third-order valence-corrected chi connectivity index (χ3v) is 6.40. The van der Waals surface area contributed by atoms with Crippen LogP contribution in [0.3, 0.4) is 0 Å². The Kier molecular flexibility index (Phi) is 8.36. The second kappa shape index (κ2) is 11.6. The molecule has 1 atom stereocenters. The molecule has 3 amide bonds. The lowest BCUT2D eigenvalue weighted by atomic mass is 10.1. The zero-order valence-corrected chi connectivity index (χ0v) is 21.2. The van der Waals surface area contributed by atoms with Crippen molar-refractivity contribution in [2.45, 2.75) is 13.0 Å². The van der Waals surface area contributed by atoms with E-state index in [1.165, 1.54) is 6.07 Å². The van der Waals surface area contributed by atoms with Gasteiger partial charge >= 0.3 is 0 Å². The zero-order chi connectivity index (χ0) is 25.7. The quantitative estimate of drug-likeness (QED) is 0.400. The maximum absolute atomic E-state index is 12.6. The Balaban J connectivity index is 1.27. The third-order valence-electron chi connectivity index (χ3n) is 5.60. The van der Waals surface area contributed by atoms with Gasteiger partial charge in [0.05, 0.1) is 16.6 Å². The van der Waals surface area contributed by atoms with Crippen LogP contribution in [-0.2, 0) is 20.9 Å². The summed E-state index contributed by atoms with van der Waals surface area (Å²) >= 11 is 17.8. The number of carbonyl (C=O) groups is 3. The van der Waals surface area contributed by atoms with E-state index in [9.17, 15) is 14.4 Å². The number of nitrogens with zero attached hydrogens (tertiary/aromatic N) is 1. The molecule has 1 fully saturated rings. The van der Waals surface area contributed by atoms with Crippen LogP contribution >= 0.6 is 34.8 Å². The zero-order valence-electron chi connectivity index (χ0n) is 19.0. The summed E-state index contributed by atoms with van der Waals surface area (Å²) in [6.45, 7) is 0.428. The topological polar surface area (TPSA) is 87.7 Å². The molecule has 36 heavy (non-hydrogen) atoms. The van der Waals surface area contributed by atoms with Crippen molar-refractivity contribution in [3.63, 3.8) is 0 Å². The lowest BCUT2D eigenvalue weighted by Crippen LogP contribution is -2.32. The first-order chi connectivity index (χ1) is 17.3. The van der Waals surface area contributed by atoms with Crippen molar-refractivity contribution in [3.05, 3.63) is 87.4 Å². The van der Waals surface area contributed by atoms with Crippen LogP contribution in [0.4, 0.5) is 11.4 Å². The smallest absolute Gasteiger partial charge is 0.262 e. The van der Waals surface area contributed by atoms with Gasteiger partial charge in [0, 0.05) is 35.2 Å². The first kappa shape index (κ1) is 25.8. The SMILES string of the molecule is O=C(COc1ccc(N2C[C@H](C(=O)NCc3ccc(Cl)cc3)CC2=O)cc1)Nc1ccc(Cl)cc1Cl. The minimum Gasteiger partial charge on any atom is -0.484 e. The number of anilines is 2. The van der Waals surface area contributed by atoms with Crippen molar-refractivity contribution in [1.29, 1.82) is 0 Å². The van der Waals surface area contributed by atoms with Gasteiger partial charge in [-0.2, -0.15) is 0 Å². The van der Waals surface area contributed by atoms with Crippen LogP contribution in [0.1, 0.15) is 12.0 Å².